The van der Waals surface area contributed by atoms with Crippen molar-refractivity contribution in [2.24, 2.45) is 0 Å². The molecule has 0 aliphatic carbocycles. The lowest BCUT2D eigenvalue weighted by Gasteiger charge is -2.17. The predicted octanol–water partition coefficient (Wildman–Crippen LogP) is 2.82. The number of hydrogen-bond donors (Lipinski definition) is 2. The molecule has 0 aliphatic rings. The Labute approximate surface area is 133 Å². The Balaban J connectivity index is 1.55. The largest absolute Gasteiger partial charge is 0.359 e. The van der Waals surface area contributed by atoms with E-state index < -0.39 is 0 Å². The number of aryl methyl sites for hydroxylation is 1. The molecule has 2 N–H and O–H groups in total. The first kappa shape index (κ1) is 13.8. The predicted molar refractivity (Wildman–Crippen MR) is 91.7 cm³/mol. The molecule has 0 fully saturated rings. The van der Waals surface area contributed by atoms with Crippen LogP contribution in [0, 0.1) is 6.92 Å². The fraction of sp³-hybridized carbons (Fsp3) is 0.235. The zero-order valence-electron chi connectivity index (χ0n) is 13.2. The van der Waals surface area contributed by atoms with Gasteiger partial charge in [-0.2, -0.15) is 0 Å². The van der Waals surface area contributed by atoms with Gasteiger partial charge >= 0.3 is 0 Å². The van der Waals surface area contributed by atoms with Crippen molar-refractivity contribution in [1.29, 1.82) is 0 Å². The quantitative estimate of drug-likeness (QED) is 0.608. The first-order valence-electron chi connectivity index (χ1n) is 7.66. The molecule has 0 saturated carbocycles. The van der Waals surface area contributed by atoms with Crippen LogP contribution in [0.2, 0.25) is 0 Å². The number of fused-ring (bicyclic) bond motifs is 2. The Bertz CT molecular complexity index is 967. The van der Waals surface area contributed by atoms with E-state index in [9.17, 15) is 0 Å². The summed E-state index contributed by atoms with van der Waals surface area (Å²) in [6.45, 7) is 2.92. The number of rotatable bonds is 4. The fourth-order valence-corrected chi connectivity index (χ4v) is 2.89. The minimum atomic E-state index is 0.830. The normalized spacial score (nSPS) is 11.4. The van der Waals surface area contributed by atoms with E-state index in [1.165, 1.54) is 5.56 Å². The first-order chi connectivity index (χ1) is 11.2. The summed E-state index contributed by atoms with van der Waals surface area (Å²) in [5.74, 6) is 1.93. The van der Waals surface area contributed by atoms with Gasteiger partial charge in [0.15, 0.2) is 0 Å². The van der Waals surface area contributed by atoms with E-state index in [1.54, 1.807) is 6.33 Å². The maximum atomic E-state index is 4.71. The van der Waals surface area contributed by atoms with Crippen LogP contribution in [0.1, 0.15) is 11.4 Å². The topological polar surface area (TPSA) is 73.5 Å². The van der Waals surface area contributed by atoms with Crippen molar-refractivity contribution >= 4 is 27.9 Å². The van der Waals surface area contributed by atoms with Crippen molar-refractivity contribution < 1.29 is 0 Å². The third-order valence-corrected chi connectivity index (χ3v) is 4.14. The molecular formula is C17H18N6. The van der Waals surface area contributed by atoms with Gasteiger partial charge in [0.05, 0.1) is 16.4 Å². The molecule has 0 amide bonds. The molecule has 0 bridgehead atoms. The number of nitrogens with one attached hydrogen (secondary N) is 2. The lowest BCUT2D eigenvalue weighted by Crippen LogP contribution is -2.22. The van der Waals surface area contributed by atoms with Crippen LogP contribution < -0.4 is 4.90 Å². The molecule has 116 valence electrons. The van der Waals surface area contributed by atoms with Crippen LogP contribution in [0.5, 0.6) is 0 Å². The maximum Gasteiger partial charge on any atom is 0.142 e. The van der Waals surface area contributed by atoms with Crippen LogP contribution in [-0.4, -0.2) is 38.5 Å². The van der Waals surface area contributed by atoms with Crippen molar-refractivity contribution in [3.63, 3.8) is 0 Å². The Hall–Kier alpha value is -2.89. The zero-order valence-corrected chi connectivity index (χ0v) is 13.2. The molecule has 3 heterocycles. The molecule has 0 spiro atoms. The first-order valence-corrected chi connectivity index (χ1v) is 7.66. The van der Waals surface area contributed by atoms with E-state index >= 15 is 0 Å². The third-order valence-electron chi connectivity index (χ3n) is 4.14. The average Bonchev–Trinajstić information content (AvgIpc) is 3.19. The second-order valence-corrected chi connectivity index (χ2v) is 5.76. The van der Waals surface area contributed by atoms with Crippen LogP contribution in [-0.2, 0) is 6.42 Å². The lowest BCUT2D eigenvalue weighted by atomic mass is 10.2. The highest BCUT2D eigenvalue weighted by atomic mass is 15.2. The van der Waals surface area contributed by atoms with E-state index in [-0.39, 0.29) is 0 Å². The third kappa shape index (κ3) is 2.42. The van der Waals surface area contributed by atoms with E-state index in [2.05, 4.69) is 50.0 Å². The minimum absolute atomic E-state index is 0.830. The highest BCUT2D eigenvalue weighted by molar-refractivity contribution is 5.87. The number of imidazole rings is 1. The van der Waals surface area contributed by atoms with Gasteiger partial charge in [0.25, 0.3) is 0 Å². The number of likely N-dealkylation sites (N-methyl/N-ethyl adjacent to an activating group) is 1. The average molecular weight is 306 g/mol. The lowest BCUT2D eigenvalue weighted by molar-refractivity contribution is 0.827. The van der Waals surface area contributed by atoms with Crippen molar-refractivity contribution in [1.82, 2.24) is 24.9 Å². The summed E-state index contributed by atoms with van der Waals surface area (Å²) in [4.78, 5) is 22.0. The Morgan fingerprint density at radius 2 is 2.09 bits per heavy atom. The van der Waals surface area contributed by atoms with E-state index in [1.807, 2.05) is 19.3 Å². The van der Waals surface area contributed by atoms with E-state index in [0.717, 1.165) is 46.7 Å². The number of hydrogen-bond acceptors (Lipinski definition) is 4. The summed E-state index contributed by atoms with van der Waals surface area (Å²) in [7, 11) is 2.04. The van der Waals surface area contributed by atoms with Gasteiger partial charge in [-0.05, 0) is 24.6 Å². The number of nitrogens with zero attached hydrogens (tertiary/aromatic N) is 4. The van der Waals surface area contributed by atoms with Gasteiger partial charge in [-0.15, -0.1) is 0 Å². The van der Waals surface area contributed by atoms with Gasteiger partial charge in [0, 0.05) is 26.2 Å². The molecule has 1 aromatic carbocycles. The maximum absolute atomic E-state index is 4.71. The second kappa shape index (κ2) is 5.39. The van der Waals surface area contributed by atoms with E-state index in [4.69, 9.17) is 4.98 Å². The van der Waals surface area contributed by atoms with Crippen molar-refractivity contribution in [3.05, 3.63) is 48.2 Å². The van der Waals surface area contributed by atoms with Gasteiger partial charge < -0.3 is 14.9 Å². The number of anilines is 1. The highest BCUT2D eigenvalue weighted by Crippen LogP contribution is 2.21. The Morgan fingerprint density at radius 1 is 1.17 bits per heavy atom. The summed E-state index contributed by atoms with van der Waals surface area (Å²) in [6.07, 6.45) is 4.31. The molecule has 4 aromatic rings. The summed E-state index contributed by atoms with van der Waals surface area (Å²) in [6, 6.07) is 8.21. The Kier molecular flexibility index (Phi) is 3.22. The molecule has 0 unspecified atom stereocenters. The summed E-state index contributed by atoms with van der Waals surface area (Å²) < 4.78 is 0. The molecule has 6 heteroatoms. The molecule has 0 atom stereocenters. The molecule has 0 saturated heterocycles. The van der Waals surface area contributed by atoms with Crippen LogP contribution in [0.3, 0.4) is 0 Å². The van der Waals surface area contributed by atoms with Crippen LogP contribution >= 0.6 is 0 Å². The monoisotopic (exact) mass is 306 g/mol. The molecule has 23 heavy (non-hydrogen) atoms. The van der Waals surface area contributed by atoms with Crippen molar-refractivity contribution in [3.8, 4) is 0 Å². The number of H-pyrrole nitrogens is 2. The minimum Gasteiger partial charge on any atom is -0.359 e. The zero-order chi connectivity index (χ0) is 15.8. The highest BCUT2D eigenvalue weighted by Gasteiger charge is 2.11. The molecule has 4 rings (SSSR count). The molecule has 3 aromatic heterocycles. The molecule has 0 radical (unpaired) electrons. The number of para-hydroxylation sites is 1. The standard InChI is InChI=1S/C17H18N6/c1-11-4-3-5-13-15(11)22-14(21-13)7-9-23(2)17-12-6-8-18-16(12)19-10-20-17/h3-6,8,10H,7,9H2,1-2H3,(H,21,22)(H,18,19,20). The van der Waals surface area contributed by atoms with Gasteiger partial charge in [-0.3, -0.25) is 0 Å². The van der Waals surface area contributed by atoms with Crippen molar-refractivity contribution in [2.75, 3.05) is 18.5 Å². The van der Waals surface area contributed by atoms with E-state index in [0.29, 0.717) is 0 Å². The summed E-state index contributed by atoms with van der Waals surface area (Å²) >= 11 is 0. The number of benzene rings is 1. The van der Waals surface area contributed by atoms with Gasteiger partial charge in [-0.1, -0.05) is 12.1 Å². The van der Waals surface area contributed by atoms with Crippen molar-refractivity contribution in [2.45, 2.75) is 13.3 Å². The van der Waals surface area contributed by atoms with Gasteiger partial charge in [0.2, 0.25) is 0 Å². The number of aromatic amines is 2. The second-order valence-electron chi connectivity index (χ2n) is 5.76. The molecule has 6 nitrogen and oxygen atoms in total. The summed E-state index contributed by atoms with van der Waals surface area (Å²) in [5, 5.41) is 1.04. The number of aromatic nitrogens is 5. The SMILES string of the molecule is Cc1cccc2[nH]c(CCN(C)c3ncnc4[nH]ccc34)nc12. The fourth-order valence-electron chi connectivity index (χ4n) is 2.89. The van der Waals surface area contributed by atoms with Gasteiger partial charge in [-0.25, -0.2) is 15.0 Å². The van der Waals surface area contributed by atoms with Crippen LogP contribution in [0.25, 0.3) is 22.1 Å². The molecular weight excluding hydrogens is 288 g/mol. The smallest absolute Gasteiger partial charge is 0.142 e. The Morgan fingerprint density at radius 3 is 2.96 bits per heavy atom. The molecule has 0 aliphatic heterocycles. The summed E-state index contributed by atoms with van der Waals surface area (Å²) in [5.41, 5.74) is 4.21. The van der Waals surface area contributed by atoms with Crippen LogP contribution in [0.15, 0.2) is 36.8 Å². The van der Waals surface area contributed by atoms with Crippen LogP contribution in [0.4, 0.5) is 5.82 Å². The van der Waals surface area contributed by atoms with Gasteiger partial charge in [0.1, 0.15) is 23.6 Å².